The van der Waals surface area contributed by atoms with Crippen molar-refractivity contribution in [1.82, 2.24) is 0 Å². The molecule has 7 heteroatoms. The number of β-lactam (4-membered cyclic amide) rings is 1. The Labute approximate surface area is 170 Å². The Hall–Kier alpha value is -2.11. The van der Waals surface area contributed by atoms with Crippen molar-refractivity contribution in [1.29, 1.82) is 0 Å². The Bertz CT molecular complexity index is 846. The van der Waals surface area contributed by atoms with E-state index in [1.165, 1.54) is 0 Å². The molecule has 3 fully saturated rings. The molecule has 1 N–H and O–H groups in total. The molecule has 0 saturated carbocycles. The van der Waals surface area contributed by atoms with Crippen LogP contribution in [0.5, 0.6) is 5.75 Å². The third-order valence-electron chi connectivity index (χ3n) is 6.18. The molecule has 0 aliphatic carbocycles. The van der Waals surface area contributed by atoms with Crippen LogP contribution in [-0.2, 0) is 19.0 Å². The molecule has 0 unspecified atom stereocenters. The molecule has 156 valence electrons. The molecule has 1 amide bonds. The Kier molecular flexibility index (Phi) is 4.67. The highest BCUT2D eigenvalue weighted by atomic mass is 16.8. The maximum absolute atomic E-state index is 13.2. The topological polar surface area (TPSA) is 77.5 Å². The average molecular weight is 401 g/mol. The van der Waals surface area contributed by atoms with Crippen molar-refractivity contribution in [2.45, 2.75) is 69.5 Å². The normalized spacial score (nSPS) is 40.7. The fourth-order valence-corrected chi connectivity index (χ4v) is 4.74. The number of carbonyl (C=O) groups is 1. The Balaban J connectivity index is 1.62. The van der Waals surface area contributed by atoms with Gasteiger partial charge in [-0.3, -0.25) is 9.69 Å². The van der Waals surface area contributed by atoms with Gasteiger partial charge >= 0.3 is 0 Å². The highest BCUT2D eigenvalue weighted by molar-refractivity contribution is 6.06. The van der Waals surface area contributed by atoms with E-state index in [0.717, 1.165) is 0 Å². The van der Waals surface area contributed by atoms with Crippen LogP contribution in [0.1, 0.15) is 27.7 Å². The molecule has 7 atom stereocenters. The Morgan fingerprint density at radius 3 is 2.34 bits per heavy atom. The first kappa shape index (κ1) is 20.2. The van der Waals surface area contributed by atoms with Crippen molar-refractivity contribution < 1.29 is 28.8 Å². The van der Waals surface area contributed by atoms with E-state index in [4.69, 9.17) is 25.4 Å². The number of benzene rings is 1. The van der Waals surface area contributed by atoms with E-state index in [-0.39, 0.29) is 12.0 Å². The lowest BCUT2D eigenvalue weighted by atomic mass is 9.68. The molecule has 7 nitrogen and oxygen atoms in total. The number of amides is 1. The summed E-state index contributed by atoms with van der Waals surface area (Å²) < 4.78 is 23.1. The predicted molar refractivity (Wildman–Crippen MR) is 105 cm³/mol. The summed E-state index contributed by atoms with van der Waals surface area (Å²) in [5.74, 6) is 1.73. The maximum atomic E-state index is 13.2. The number of aliphatic hydroxyl groups excluding tert-OH is 1. The summed E-state index contributed by atoms with van der Waals surface area (Å²) in [4.78, 5) is 14.8. The molecule has 3 aliphatic heterocycles. The van der Waals surface area contributed by atoms with Gasteiger partial charge < -0.3 is 24.1 Å². The largest absolute Gasteiger partial charge is 0.497 e. The number of anilines is 1. The van der Waals surface area contributed by atoms with Gasteiger partial charge in [0.15, 0.2) is 5.79 Å². The fraction of sp³-hybridized carbons (Fsp3) is 0.591. The molecule has 3 aliphatic rings. The number of fused-ring (bicyclic) bond motifs is 1. The van der Waals surface area contributed by atoms with E-state index >= 15 is 0 Å². The molecule has 0 radical (unpaired) electrons. The van der Waals surface area contributed by atoms with Gasteiger partial charge in [0, 0.05) is 5.69 Å². The minimum atomic E-state index is -1.03. The molecule has 1 aromatic carbocycles. The number of terminal acetylenes is 1. The second-order valence-electron chi connectivity index (χ2n) is 8.50. The quantitative estimate of drug-likeness (QED) is 0.614. The molecular weight excluding hydrogens is 374 g/mol. The van der Waals surface area contributed by atoms with Gasteiger partial charge in [-0.15, -0.1) is 6.42 Å². The fourth-order valence-electron chi connectivity index (χ4n) is 4.74. The molecule has 3 heterocycles. The van der Waals surface area contributed by atoms with Crippen molar-refractivity contribution in [3.63, 3.8) is 0 Å². The predicted octanol–water partition coefficient (Wildman–Crippen LogP) is 1.72. The van der Waals surface area contributed by atoms with Gasteiger partial charge in [0.25, 0.3) is 0 Å². The molecular formula is C22H27NO6. The van der Waals surface area contributed by atoms with Gasteiger partial charge in [-0.25, -0.2) is 0 Å². The summed E-state index contributed by atoms with van der Waals surface area (Å²) in [6.07, 6.45) is 2.74. The monoisotopic (exact) mass is 401 g/mol. The summed E-state index contributed by atoms with van der Waals surface area (Å²) in [5.41, 5.74) is -0.274. The number of rotatable bonds is 3. The van der Waals surface area contributed by atoms with Gasteiger partial charge in [-0.1, -0.05) is 5.92 Å². The van der Waals surface area contributed by atoms with Crippen molar-refractivity contribution in [3.8, 4) is 18.1 Å². The minimum Gasteiger partial charge on any atom is -0.497 e. The first-order valence-corrected chi connectivity index (χ1v) is 9.78. The number of methoxy groups -OCH3 is 1. The summed E-state index contributed by atoms with van der Waals surface area (Å²) in [7, 11) is 1.58. The number of hydrogen-bond donors (Lipinski definition) is 1. The zero-order valence-corrected chi connectivity index (χ0v) is 17.3. The number of hydrogen-bond acceptors (Lipinski definition) is 6. The van der Waals surface area contributed by atoms with Crippen LogP contribution in [0.2, 0.25) is 0 Å². The smallest absolute Gasteiger partial charge is 0.237 e. The first-order valence-electron chi connectivity index (χ1n) is 9.78. The van der Waals surface area contributed by atoms with Crippen LogP contribution in [0.25, 0.3) is 0 Å². The zero-order valence-electron chi connectivity index (χ0n) is 17.3. The lowest BCUT2D eigenvalue weighted by Crippen LogP contribution is -2.76. The van der Waals surface area contributed by atoms with Crippen LogP contribution in [0, 0.1) is 18.3 Å². The molecule has 0 bridgehead atoms. The molecule has 29 heavy (non-hydrogen) atoms. The van der Waals surface area contributed by atoms with E-state index in [0.29, 0.717) is 11.4 Å². The number of carbonyl (C=O) groups excluding carboxylic acids is 1. The van der Waals surface area contributed by atoms with E-state index in [1.54, 1.807) is 50.1 Å². The number of aliphatic hydroxyl groups is 1. The average Bonchev–Trinajstić information content (AvgIpc) is 3.02. The summed E-state index contributed by atoms with van der Waals surface area (Å²) in [6.45, 7) is 7.27. The minimum absolute atomic E-state index is 0.191. The Morgan fingerprint density at radius 2 is 1.76 bits per heavy atom. The lowest BCUT2D eigenvalue weighted by Gasteiger charge is -2.57. The molecule has 1 aromatic rings. The summed E-state index contributed by atoms with van der Waals surface area (Å²) in [6, 6.07) is 7.13. The summed E-state index contributed by atoms with van der Waals surface area (Å²) in [5, 5.41) is 11.0. The van der Waals surface area contributed by atoms with E-state index < -0.39 is 41.7 Å². The number of ether oxygens (including phenoxy) is 4. The second kappa shape index (κ2) is 6.71. The van der Waals surface area contributed by atoms with Crippen LogP contribution in [0.3, 0.4) is 0 Å². The molecule has 4 rings (SSSR count). The van der Waals surface area contributed by atoms with Crippen LogP contribution < -0.4 is 9.64 Å². The molecule has 0 spiro atoms. The number of nitrogens with zero attached hydrogens (tertiary/aromatic N) is 1. The molecule has 3 saturated heterocycles. The van der Waals surface area contributed by atoms with Crippen LogP contribution >= 0.6 is 0 Å². The highest BCUT2D eigenvalue weighted by Gasteiger charge is 2.65. The van der Waals surface area contributed by atoms with E-state index in [2.05, 4.69) is 5.92 Å². The second-order valence-corrected chi connectivity index (χ2v) is 8.50. The maximum Gasteiger partial charge on any atom is 0.237 e. The molecule has 0 aromatic heterocycles. The standard InChI is InChI=1S/C22H27NO6/c1-7-22(5)15(20(25)23(22)13-8-10-14(26-6)11-9-13)18-16(24)19-17(12(2)27-18)28-21(3,4)29-19/h1,8-12,15-19,24H,2-6H3/t12-,15-,16+,17+,18+,19-,22+/m0/s1. The van der Waals surface area contributed by atoms with Crippen LogP contribution in [0.4, 0.5) is 5.69 Å². The highest BCUT2D eigenvalue weighted by Crippen LogP contribution is 2.48. The van der Waals surface area contributed by atoms with Crippen molar-refractivity contribution in [3.05, 3.63) is 24.3 Å². The van der Waals surface area contributed by atoms with Gasteiger partial charge in [0.2, 0.25) is 5.91 Å². The van der Waals surface area contributed by atoms with Crippen molar-refractivity contribution in [2.24, 2.45) is 5.92 Å². The lowest BCUT2D eigenvalue weighted by molar-refractivity contribution is -0.209. The first-order chi connectivity index (χ1) is 13.6. The van der Waals surface area contributed by atoms with Crippen molar-refractivity contribution in [2.75, 3.05) is 12.0 Å². The van der Waals surface area contributed by atoms with Crippen LogP contribution in [0.15, 0.2) is 24.3 Å². The van der Waals surface area contributed by atoms with E-state index in [9.17, 15) is 9.90 Å². The SMILES string of the molecule is C#C[C@]1(C)[C@@H]([C@H]2O[C@@H](C)[C@H]3OC(C)(C)O[C@H]3[C@@H]2O)C(=O)N1c1ccc(OC)cc1. The van der Waals surface area contributed by atoms with Gasteiger partial charge in [0.05, 0.1) is 13.2 Å². The summed E-state index contributed by atoms with van der Waals surface area (Å²) >= 11 is 0. The zero-order chi connectivity index (χ0) is 21.1. The Morgan fingerprint density at radius 1 is 1.14 bits per heavy atom. The third-order valence-corrected chi connectivity index (χ3v) is 6.18. The van der Waals surface area contributed by atoms with Gasteiger partial charge in [-0.05, 0) is 52.0 Å². The van der Waals surface area contributed by atoms with Crippen LogP contribution in [-0.4, -0.2) is 60.0 Å². The van der Waals surface area contributed by atoms with Gasteiger partial charge in [-0.2, -0.15) is 0 Å². The van der Waals surface area contributed by atoms with Crippen molar-refractivity contribution >= 4 is 11.6 Å². The van der Waals surface area contributed by atoms with E-state index in [1.807, 2.05) is 13.8 Å². The third kappa shape index (κ3) is 2.94. The van der Waals surface area contributed by atoms with Gasteiger partial charge in [0.1, 0.15) is 41.6 Å².